The SMILES string of the molecule is COC1CC(OC2C(O)CC(OC3CCC4(C)C(=CCC5C4CCC4(C)C5CC(O)C4C(C)OC4OC(C)C(O)C(O)C4OC4OC(CO)C(O)C(O)C4O)C3)OC2C)OC(C)C1O. The minimum Gasteiger partial charge on any atom is -0.394 e. The maximum atomic E-state index is 11.9. The molecule has 368 valence electrons. The zero-order valence-corrected chi connectivity index (χ0v) is 38.3. The molecule has 4 saturated heterocycles. The van der Waals surface area contributed by atoms with Gasteiger partial charge in [-0.05, 0) is 101 Å². The molecule has 64 heavy (non-hydrogen) atoms. The Labute approximate surface area is 376 Å². The van der Waals surface area contributed by atoms with E-state index in [9.17, 15) is 46.0 Å². The second-order valence-electron chi connectivity index (χ2n) is 20.9. The van der Waals surface area contributed by atoms with Crippen molar-refractivity contribution in [2.24, 2.45) is 34.5 Å². The normalized spacial score (nSPS) is 54.9. The van der Waals surface area contributed by atoms with E-state index in [1.807, 2.05) is 13.8 Å². The third kappa shape index (κ3) is 9.03. The van der Waals surface area contributed by atoms with Gasteiger partial charge in [0.2, 0.25) is 0 Å². The van der Waals surface area contributed by atoms with Gasteiger partial charge in [-0.2, -0.15) is 0 Å². The molecule has 0 aromatic heterocycles. The molecular formula is C46H76O18. The first-order chi connectivity index (χ1) is 30.3. The van der Waals surface area contributed by atoms with Gasteiger partial charge < -0.3 is 88.6 Å². The monoisotopic (exact) mass is 917 g/mol. The van der Waals surface area contributed by atoms with E-state index in [1.54, 1.807) is 21.0 Å². The van der Waals surface area contributed by atoms with Gasteiger partial charge in [0.25, 0.3) is 0 Å². The van der Waals surface area contributed by atoms with E-state index in [0.29, 0.717) is 24.7 Å². The molecule has 4 heterocycles. The molecule has 7 fully saturated rings. The van der Waals surface area contributed by atoms with Crippen molar-refractivity contribution in [2.75, 3.05) is 13.7 Å². The summed E-state index contributed by atoms with van der Waals surface area (Å²) < 4.78 is 54.6. The average Bonchev–Trinajstić information content (AvgIpc) is 3.53. The maximum Gasteiger partial charge on any atom is 0.187 e. The molecule has 0 aromatic carbocycles. The fourth-order valence-electron chi connectivity index (χ4n) is 13.6. The molecule has 18 heteroatoms. The Morgan fingerprint density at radius 1 is 0.688 bits per heavy atom. The van der Waals surface area contributed by atoms with E-state index in [-0.39, 0.29) is 35.2 Å². The Morgan fingerprint density at radius 2 is 1.39 bits per heavy atom. The molecule has 0 radical (unpaired) electrons. The van der Waals surface area contributed by atoms with Crippen LogP contribution in [-0.2, 0) is 42.6 Å². The van der Waals surface area contributed by atoms with E-state index in [2.05, 4.69) is 19.9 Å². The van der Waals surface area contributed by atoms with E-state index in [0.717, 1.165) is 38.5 Å². The summed E-state index contributed by atoms with van der Waals surface area (Å²) in [6.45, 7) is 11.1. The predicted octanol–water partition coefficient (Wildman–Crippen LogP) is 0.370. The molecule has 27 unspecified atom stereocenters. The van der Waals surface area contributed by atoms with Crippen molar-refractivity contribution in [3.8, 4) is 0 Å². The summed E-state index contributed by atoms with van der Waals surface area (Å²) in [5.41, 5.74) is 1.08. The van der Waals surface area contributed by atoms with Gasteiger partial charge in [-0.3, -0.25) is 0 Å². The fraction of sp³-hybridized carbons (Fsp3) is 0.957. The van der Waals surface area contributed by atoms with Gasteiger partial charge in [-0.15, -0.1) is 0 Å². The quantitative estimate of drug-likeness (QED) is 0.127. The van der Waals surface area contributed by atoms with Gasteiger partial charge in [0.15, 0.2) is 25.2 Å². The zero-order chi connectivity index (χ0) is 46.2. The number of fused-ring (bicyclic) bond motifs is 5. The second-order valence-corrected chi connectivity index (χ2v) is 20.9. The van der Waals surface area contributed by atoms with Crippen molar-refractivity contribution in [3.05, 3.63) is 11.6 Å². The first-order valence-electron chi connectivity index (χ1n) is 23.8. The molecule has 0 bridgehead atoms. The van der Waals surface area contributed by atoms with Crippen LogP contribution in [0.5, 0.6) is 0 Å². The summed E-state index contributed by atoms with van der Waals surface area (Å²) >= 11 is 0. The standard InChI is InChI=1S/C46H76O18/c1-19(59-44-42(39(54)36(51)21(3)60-44)64-43-40(55)38(53)37(52)31(18-47)62-43)34-28(48)15-27-25-9-8-23-14-24(10-12-45(23,5)26(25)11-13-46(27,34)6)61-32-16-29(49)41(22(4)58-32)63-33-17-30(56-7)35(50)20(2)57-33/h8,19-22,24-44,47-55H,9-18H2,1-7H3. The molecule has 3 saturated carbocycles. The molecule has 8 aliphatic rings. The van der Waals surface area contributed by atoms with E-state index in [4.69, 9.17) is 42.6 Å². The molecule has 4 aliphatic heterocycles. The molecule has 9 N–H and O–H groups in total. The van der Waals surface area contributed by atoms with Crippen LogP contribution in [-0.4, -0.2) is 189 Å². The lowest BCUT2D eigenvalue weighted by Gasteiger charge is -2.58. The molecule has 4 aliphatic carbocycles. The highest BCUT2D eigenvalue weighted by Crippen LogP contribution is 2.67. The first kappa shape index (κ1) is 49.4. The van der Waals surface area contributed by atoms with Crippen LogP contribution < -0.4 is 0 Å². The van der Waals surface area contributed by atoms with Gasteiger partial charge in [-0.25, -0.2) is 0 Å². The summed E-state index contributed by atoms with van der Waals surface area (Å²) in [5, 5.41) is 96.6. The molecule has 27 atom stereocenters. The average molecular weight is 917 g/mol. The minimum absolute atomic E-state index is 0.0305. The number of methoxy groups -OCH3 is 1. The van der Waals surface area contributed by atoms with Gasteiger partial charge >= 0.3 is 0 Å². The van der Waals surface area contributed by atoms with Gasteiger partial charge in [-0.1, -0.05) is 25.5 Å². The highest BCUT2D eigenvalue weighted by molar-refractivity contribution is 5.26. The largest absolute Gasteiger partial charge is 0.394 e. The molecule has 0 amide bonds. The number of hydrogen-bond acceptors (Lipinski definition) is 18. The molecular weight excluding hydrogens is 840 g/mol. The highest BCUT2D eigenvalue weighted by Gasteiger charge is 2.63. The van der Waals surface area contributed by atoms with Crippen LogP contribution in [0.15, 0.2) is 11.6 Å². The first-order valence-corrected chi connectivity index (χ1v) is 23.8. The lowest BCUT2D eigenvalue weighted by Crippen LogP contribution is -2.64. The molecule has 18 nitrogen and oxygen atoms in total. The Hall–Kier alpha value is -0.980. The summed E-state index contributed by atoms with van der Waals surface area (Å²) in [7, 11) is 1.55. The number of aliphatic hydroxyl groups excluding tert-OH is 9. The second kappa shape index (κ2) is 19.4. The van der Waals surface area contributed by atoms with E-state index < -0.39 is 129 Å². The number of ether oxygens (including phenoxy) is 9. The summed E-state index contributed by atoms with van der Waals surface area (Å²) in [6, 6.07) is 0. The van der Waals surface area contributed by atoms with Crippen LogP contribution in [0.2, 0.25) is 0 Å². The smallest absolute Gasteiger partial charge is 0.187 e. The van der Waals surface area contributed by atoms with Crippen molar-refractivity contribution >= 4 is 0 Å². The number of aliphatic hydroxyl groups is 9. The Balaban J connectivity index is 0.892. The minimum atomic E-state index is -1.74. The number of allylic oxidation sites excluding steroid dienone is 1. The molecule has 8 rings (SSSR count). The fourth-order valence-corrected chi connectivity index (χ4v) is 13.6. The van der Waals surface area contributed by atoms with Gasteiger partial charge in [0, 0.05) is 25.9 Å². The van der Waals surface area contributed by atoms with Gasteiger partial charge in [0.1, 0.15) is 54.9 Å². The van der Waals surface area contributed by atoms with Crippen molar-refractivity contribution in [1.82, 2.24) is 0 Å². The molecule has 0 aromatic rings. The predicted molar refractivity (Wildman–Crippen MR) is 223 cm³/mol. The summed E-state index contributed by atoms with van der Waals surface area (Å²) in [4.78, 5) is 0. The van der Waals surface area contributed by atoms with Crippen molar-refractivity contribution < 1.29 is 88.6 Å². The third-order valence-corrected chi connectivity index (χ3v) is 17.2. The van der Waals surface area contributed by atoms with E-state index in [1.165, 1.54) is 5.57 Å². The summed E-state index contributed by atoms with van der Waals surface area (Å²) in [5.74, 6) is 0.666. The Bertz CT molecular complexity index is 1590. The van der Waals surface area contributed by atoms with Crippen LogP contribution in [0.4, 0.5) is 0 Å². The maximum absolute atomic E-state index is 11.9. The van der Waals surface area contributed by atoms with Gasteiger partial charge in [0.05, 0.1) is 55.4 Å². The zero-order valence-electron chi connectivity index (χ0n) is 38.3. The lowest BCUT2D eigenvalue weighted by molar-refractivity contribution is -0.371. The highest BCUT2D eigenvalue weighted by atomic mass is 16.8. The Morgan fingerprint density at radius 3 is 2.09 bits per heavy atom. The van der Waals surface area contributed by atoms with Crippen LogP contribution in [0.3, 0.4) is 0 Å². The summed E-state index contributed by atoms with van der Waals surface area (Å²) in [6.07, 6.45) is -11.6. The van der Waals surface area contributed by atoms with Crippen LogP contribution in [0.25, 0.3) is 0 Å². The third-order valence-electron chi connectivity index (χ3n) is 17.2. The van der Waals surface area contributed by atoms with Crippen LogP contribution in [0, 0.1) is 34.5 Å². The van der Waals surface area contributed by atoms with Crippen LogP contribution in [0.1, 0.15) is 99.3 Å². The van der Waals surface area contributed by atoms with Crippen LogP contribution >= 0.6 is 0 Å². The van der Waals surface area contributed by atoms with Crippen molar-refractivity contribution in [2.45, 2.75) is 228 Å². The number of hydrogen-bond donors (Lipinski definition) is 9. The number of rotatable bonds is 11. The van der Waals surface area contributed by atoms with E-state index >= 15 is 0 Å². The topological polar surface area (TPSA) is 265 Å². The lowest BCUT2D eigenvalue weighted by atomic mass is 9.47. The van der Waals surface area contributed by atoms with Crippen molar-refractivity contribution in [3.63, 3.8) is 0 Å². The Kier molecular flexibility index (Phi) is 15.0. The van der Waals surface area contributed by atoms with Crippen molar-refractivity contribution in [1.29, 1.82) is 0 Å². The molecule has 0 spiro atoms.